The Bertz CT molecular complexity index is 1420. The number of anilines is 1. The van der Waals surface area contributed by atoms with Gasteiger partial charge >= 0.3 is 5.97 Å². The lowest BCUT2D eigenvalue weighted by Gasteiger charge is -2.19. The number of aromatic carboxylic acids is 1. The quantitative estimate of drug-likeness (QED) is 0.281. The number of nitrogens with zero attached hydrogens (tertiary/aromatic N) is 2. The first kappa shape index (κ1) is 26.0. The van der Waals surface area contributed by atoms with E-state index in [2.05, 4.69) is 11.4 Å². The SMILES string of the molecule is N#CC1(CC(C(=O)Nc2ccc(C(=O)O)cc2)c2ccc(-c3c(C(F)F)ccc(Cl)c3F)c[n+]2[O-])CC1. The number of nitrogens with one attached hydrogen (secondary N) is 1. The third kappa shape index (κ3) is 5.37. The van der Waals surface area contributed by atoms with E-state index >= 15 is 0 Å². The molecule has 3 aromatic rings. The molecular weight excluding hydrogens is 511 g/mol. The minimum Gasteiger partial charge on any atom is -0.618 e. The standard InChI is InChI=1S/C26H19ClF3N3O4/c27-19-7-6-17(23(29)30)21(22(19)28)15-3-8-20(33(37)12-15)18(11-26(13-31)9-10-26)24(34)32-16-4-1-14(2-5-16)25(35)36/h1-8,12,18,23H,9-11H2,(H,32,34)(H,35,36). The zero-order valence-electron chi connectivity index (χ0n) is 19.1. The highest BCUT2D eigenvalue weighted by molar-refractivity contribution is 6.31. The van der Waals surface area contributed by atoms with Crippen molar-refractivity contribution in [3.05, 3.63) is 87.6 Å². The average molecular weight is 530 g/mol. The summed E-state index contributed by atoms with van der Waals surface area (Å²) >= 11 is 5.78. The number of hydrogen-bond acceptors (Lipinski definition) is 4. The highest BCUT2D eigenvalue weighted by Gasteiger charge is 2.48. The molecule has 1 fully saturated rings. The van der Waals surface area contributed by atoms with Gasteiger partial charge in [0.25, 0.3) is 6.43 Å². The summed E-state index contributed by atoms with van der Waals surface area (Å²) in [5, 5.41) is 33.9. The highest BCUT2D eigenvalue weighted by atomic mass is 35.5. The zero-order chi connectivity index (χ0) is 26.9. The van der Waals surface area contributed by atoms with Crippen molar-refractivity contribution < 1.29 is 32.6 Å². The Morgan fingerprint density at radius 3 is 2.38 bits per heavy atom. The Balaban J connectivity index is 1.70. The minimum absolute atomic E-state index is 0.0142. The van der Waals surface area contributed by atoms with E-state index in [0.29, 0.717) is 17.6 Å². The first-order valence-electron chi connectivity index (χ1n) is 11.1. The molecule has 2 aromatic carbocycles. The van der Waals surface area contributed by atoms with E-state index in [1.165, 1.54) is 36.4 Å². The molecule has 7 nitrogen and oxygen atoms in total. The van der Waals surface area contributed by atoms with Crippen LogP contribution < -0.4 is 10.0 Å². The van der Waals surface area contributed by atoms with Crippen LogP contribution in [0.5, 0.6) is 0 Å². The number of nitriles is 1. The molecule has 1 atom stereocenters. The molecule has 0 spiro atoms. The number of benzene rings is 2. The van der Waals surface area contributed by atoms with Crippen molar-refractivity contribution in [2.24, 2.45) is 5.41 Å². The second kappa shape index (κ2) is 10.1. The fraction of sp³-hybridized carbons (Fsp3) is 0.231. The van der Waals surface area contributed by atoms with Crippen LogP contribution in [0.2, 0.25) is 5.02 Å². The summed E-state index contributed by atoms with van der Waals surface area (Å²) in [7, 11) is 0. The number of carbonyl (C=O) groups is 2. The van der Waals surface area contributed by atoms with Gasteiger partial charge in [-0.1, -0.05) is 17.7 Å². The largest absolute Gasteiger partial charge is 0.618 e. The van der Waals surface area contributed by atoms with Gasteiger partial charge in [0.15, 0.2) is 6.20 Å². The number of halogens is 4. The number of hydrogen-bond donors (Lipinski definition) is 2. The number of rotatable bonds is 8. The number of pyridine rings is 1. The Labute approximate surface area is 214 Å². The van der Waals surface area contributed by atoms with Crippen LogP contribution in [0.1, 0.15) is 53.2 Å². The average Bonchev–Trinajstić information content (AvgIpc) is 3.64. The Morgan fingerprint density at radius 1 is 1.16 bits per heavy atom. The van der Waals surface area contributed by atoms with Gasteiger partial charge in [-0.25, -0.2) is 18.0 Å². The lowest BCUT2D eigenvalue weighted by molar-refractivity contribution is -0.614. The van der Waals surface area contributed by atoms with E-state index < -0.39 is 51.6 Å². The second-order valence-corrected chi connectivity index (χ2v) is 9.22. The van der Waals surface area contributed by atoms with Crippen molar-refractivity contribution in [3.63, 3.8) is 0 Å². The third-order valence-corrected chi connectivity index (χ3v) is 6.65. The molecule has 2 N–H and O–H groups in total. The van der Waals surface area contributed by atoms with Gasteiger partial charge in [-0.3, -0.25) is 4.79 Å². The van der Waals surface area contributed by atoms with Gasteiger partial charge in [0, 0.05) is 22.9 Å². The van der Waals surface area contributed by atoms with E-state index in [1.54, 1.807) is 0 Å². The van der Waals surface area contributed by atoms with Crippen molar-refractivity contribution in [2.75, 3.05) is 5.32 Å². The van der Waals surface area contributed by atoms with Gasteiger partial charge in [-0.15, -0.1) is 0 Å². The number of carboxylic acids is 1. The van der Waals surface area contributed by atoms with Crippen molar-refractivity contribution in [1.82, 2.24) is 0 Å². The first-order valence-corrected chi connectivity index (χ1v) is 11.5. The summed E-state index contributed by atoms with van der Waals surface area (Å²) in [6, 6.07) is 12.0. The summed E-state index contributed by atoms with van der Waals surface area (Å²) in [6.45, 7) is 0. The van der Waals surface area contributed by atoms with Crippen LogP contribution in [0.25, 0.3) is 11.1 Å². The lowest BCUT2D eigenvalue weighted by Crippen LogP contribution is -2.38. The molecule has 0 saturated heterocycles. The molecule has 190 valence electrons. The fourth-order valence-corrected chi connectivity index (χ4v) is 4.27. The monoisotopic (exact) mass is 529 g/mol. The molecule has 11 heteroatoms. The number of amides is 1. The van der Waals surface area contributed by atoms with E-state index in [1.807, 2.05) is 0 Å². The molecule has 1 unspecified atom stereocenters. The molecule has 1 saturated carbocycles. The van der Waals surface area contributed by atoms with Crippen molar-refractivity contribution in [2.45, 2.75) is 31.6 Å². The molecule has 37 heavy (non-hydrogen) atoms. The normalized spacial score (nSPS) is 14.6. The third-order valence-electron chi connectivity index (χ3n) is 6.35. The number of carboxylic acid groups (broad SMARTS) is 1. The molecule has 1 amide bonds. The number of aromatic nitrogens is 1. The van der Waals surface area contributed by atoms with Crippen LogP contribution in [0.3, 0.4) is 0 Å². The predicted octanol–water partition coefficient (Wildman–Crippen LogP) is 5.83. The predicted molar refractivity (Wildman–Crippen MR) is 127 cm³/mol. The molecule has 1 aliphatic carbocycles. The molecule has 1 heterocycles. The van der Waals surface area contributed by atoms with Gasteiger partial charge in [0.1, 0.15) is 11.7 Å². The Hall–Kier alpha value is -4.10. The molecule has 0 radical (unpaired) electrons. The van der Waals surface area contributed by atoms with E-state index in [9.17, 15) is 33.2 Å². The van der Waals surface area contributed by atoms with Crippen LogP contribution in [0, 0.1) is 27.8 Å². The van der Waals surface area contributed by atoms with Crippen molar-refractivity contribution in [3.8, 4) is 17.2 Å². The van der Waals surface area contributed by atoms with E-state index in [0.717, 1.165) is 18.3 Å². The van der Waals surface area contributed by atoms with Crippen molar-refractivity contribution >= 4 is 29.2 Å². The van der Waals surface area contributed by atoms with Crippen molar-refractivity contribution in [1.29, 1.82) is 5.26 Å². The molecule has 4 rings (SSSR count). The van der Waals surface area contributed by atoms with Crippen LogP contribution in [0.4, 0.5) is 18.9 Å². The summed E-state index contributed by atoms with van der Waals surface area (Å²) < 4.78 is 42.1. The topological polar surface area (TPSA) is 117 Å². The van der Waals surface area contributed by atoms with Crippen LogP contribution in [-0.2, 0) is 4.79 Å². The fourth-order valence-electron chi connectivity index (χ4n) is 4.11. The zero-order valence-corrected chi connectivity index (χ0v) is 19.8. The minimum atomic E-state index is -3.03. The van der Waals surface area contributed by atoms with Crippen LogP contribution in [-0.4, -0.2) is 17.0 Å². The van der Waals surface area contributed by atoms with E-state index in [-0.39, 0.29) is 28.9 Å². The lowest BCUT2D eigenvalue weighted by atomic mass is 9.88. The molecule has 0 bridgehead atoms. The maximum absolute atomic E-state index is 14.7. The molecule has 0 aliphatic heterocycles. The maximum Gasteiger partial charge on any atom is 0.335 e. The molecular formula is C26H19ClF3N3O4. The first-order chi connectivity index (χ1) is 17.5. The van der Waals surface area contributed by atoms with Gasteiger partial charge in [0.05, 0.1) is 27.6 Å². The summed E-state index contributed by atoms with van der Waals surface area (Å²) in [5.74, 6) is -3.97. The summed E-state index contributed by atoms with van der Waals surface area (Å²) in [4.78, 5) is 24.3. The van der Waals surface area contributed by atoms with Gasteiger partial charge in [-0.2, -0.15) is 9.99 Å². The van der Waals surface area contributed by atoms with Gasteiger partial charge in [0.2, 0.25) is 11.6 Å². The Morgan fingerprint density at radius 2 is 1.84 bits per heavy atom. The van der Waals surface area contributed by atoms with Gasteiger partial charge < -0.3 is 15.6 Å². The summed E-state index contributed by atoms with van der Waals surface area (Å²) in [5.41, 5.74) is -1.88. The summed E-state index contributed by atoms with van der Waals surface area (Å²) in [6.07, 6.45) is -1.02. The van der Waals surface area contributed by atoms with Crippen LogP contribution >= 0.6 is 11.6 Å². The maximum atomic E-state index is 14.7. The highest BCUT2D eigenvalue weighted by Crippen LogP contribution is 2.51. The smallest absolute Gasteiger partial charge is 0.335 e. The van der Waals surface area contributed by atoms with Crippen LogP contribution in [0.15, 0.2) is 54.7 Å². The molecule has 1 aromatic heterocycles. The van der Waals surface area contributed by atoms with Gasteiger partial charge in [-0.05, 0) is 55.7 Å². The Kier molecular flexibility index (Phi) is 7.09. The molecule has 1 aliphatic rings. The second-order valence-electron chi connectivity index (χ2n) is 8.82. The van der Waals surface area contributed by atoms with E-state index in [4.69, 9.17) is 16.7 Å². The number of alkyl halides is 2. The number of carbonyl (C=O) groups excluding carboxylic acids is 1.